The number of fused-ring (bicyclic) bond motifs is 1. The molecule has 3 aromatic rings. The predicted octanol–water partition coefficient (Wildman–Crippen LogP) is 4.24. The number of anilines is 1. The maximum Gasteiger partial charge on any atom is 0.437 e. The second-order valence-corrected chi connectivity index (χ2v) is 9.42. The number of piperazine rings is 1. The highest BCUT2D eigenvalue weighted by atomic mass is 35.5. The maximum absolute atomic E-state index is 13.5. The van der Waals surface area contributed by atoms with Crippen LogP contribution in [0.4, 0.5) is 19.0 Å². The summed E-state index contributed by atoms with van der Waals surface area (Å²) in [6.45, 7) is 4.47. The van der Waals surface area contributed by atoms with Crippen molar-refractivity contribution in [1.29, 1.82) is 0 Å². The molecule has 0 radical (unpaired) electrons. The highest BCUT2D eigenvalue weighted by molar-refractivity contribution is 6.35. The van der Waals surface area contributed by atoms with E-state index in [0.717, 1.165) is 11.1 Å². The van der Waals surface area contributed by atoms with Gasteiger partial charge in [0.15, 0.2) is 11.3 Å². The summed E-state index contributed by atoms with van der Waals surface area (Å²) in [6.07, 6.45) is 1.61. The lowest BCUT2D eigenvalue weighted by molar-refractivity contribution is -0.140. The minimum absolute atomic E-state index is 0.00339. The molecule has 13 heteroatoms. The number of carbonyl (C=O) groups excluding carboxylic acids is 1. The quantitative estimate of drug-likeness (QED) is 0.496. The largest absolute Gasteiger partial charge is 0.437 e. The van der Waals surface area contributed by atoms with Crippen molar-refractivity contribution < 1.29 is 18.0 Å². The number of benzene rings is 1. The van der Waals surface area contributed by atoms with Gasteiger partial charge in [0, 0.05) is 36.2 Å². The number of nitrogens with zero attached hydrogens (tertiary/aromatic N) is 6. The standard InChI is InChI=1S/C18H15Cl2F3N6O.C5H11N/c19-12-2-1-11(13(20)7-12)9-29-17-15(16(26-29)18(21,22)23)24-8-14(25-17)28-5-3-27(10-30)4-6-28;1-2-4-6-5-3-1/h1-2,7-8,10H,3-6,9H2;6H,1-5H2. The van der Waals surface area contributed by atoms with Crippen LogP contribution < -0.4 is 10.2 Å². The van der Waals surface area contributed by atoms with E-state index in [1.54, 1.807) is 17.0 Å². The second kappa shape index (κ2) is 11.6. The Morgan fingerprint density at radius 3 is 2.33 bits per heavy atom. The third-order valence-corrected chi connectivity index (χ3v) is 6.62. The minimum atomic E-state index is -4.68. The van der Waals surface area contributed by atoms with E-state index >= 15 is 0 Å². The molecule has 0 unspecified atom stereocenters. The number of carbonyl (C=O) groups is 1. The van der Waals surface area contributed by atoms with Crippen molar-refractivity contribution in [2.45, 2.75) is 32.0 Å². The summed E-state index contributed by atoms with van der Waals surface area (Å²) in [5, 5.41) is 7.75. The number of alkyl halides is 3. The molecule has 194 valence electrons. The van der Waals surface area contributed by atoms with E-state index in [-0.39, 0.29) is 17.7 Å². The third-order valence-electron chi connectivity index (χ3n) is 6.03. The number of hydrogen-bond acceptors (Lipinski definition) is 6. The zero-order valence-corrected chi connectivity index (χ0v) is 21.0. The molecule has 2 fully saturated rings. The van der Waals surface area contributed by atoms with Crippen molar-refractivity contribution in [3.05, 3.63) is 45.7 Å². The van der Waals surface area contributed by atoms with E-state index in [0.29, 0.717) is 47.6 Å². The number of hydrogen-bond donors (Lipinski definition) is 1. The SMILES string of the molecule is C1CCNCC1.O=CN1CCN(c2cnc3c(C(F)(F)F)nn(Cc4ccc(Cl)cc4Cl)c3n2)CC1. The smallest absolute Gasteiger partial charge is 0.352 e. The van der Waals surface area contributed by atoms with Crippen molar-refractivity contribution in [1.82, 2.24) is 30.0 Å². The third kappa shape index (κ3) is 6.37. The molecule has 1 aromatic carbocycles. The Bertz CT molecular complexity index is 1180. The first kappa shape index (κ1) is 26.4. The minimum Gasteiger partial charge on any atom is -0.352 e. The lowest BCUT2D eigenvalue weighted by Gasteiger charge is -2.33. The normalized spacial score (nSPS) is 16.6. The average Bonchev–Trinajstić information content (AvgIpc) is 3.25. The summed E-state index contributed by atoms with van der Waals surface area (Å²) in [6, 6.07) is 4.74. The van der Waals surface area contributed by atoms with Gasteiger partial charge in [-0.15, -0.1) is 0 Å². The zero-order valence-electron chi connectivity index (χ0n) is 19.4. The van der Waals surface area contributed by atoms with E-state index in [1.807, 2.05) is 4.90 Å². The van der Waals surface area contributed by atoms with Crippen LogP contribution in [0.5, 0.6) is 0 Å². The molecule has 2 aliphatic rings. The van der Waals surface area contributed by atoms with E-state index in [2.05, 4.69) is 20.4 Å². The topological polar surface area (TPSA) is 79.2 Å². The Balaban J connectivity index is 0.000000445. The van der Waals surface area contributed by atoms with Gasteiger partial charge in [0.2, 0.25) is 6.41 Å². The van der Waals surface area contributed by atoms with Crippen LogP contribution in [0.3, 0.4) is 0 Å². The van der Waals surface area contributed by atoms with Gasteiger partial charge in [0.1, 0.15) is 11.3 Å². The first-order valence-electron chi connectivity index (χ1n) is 11.7. The lowest BCUT2D eigenvalue weighted by Crippen LogP contribution is -2.46. The summed E-state index contributed by atoms with van der Waals surface area (Å²) in [4.78, 5) is 22.8. The van der Waals surface area contributed by atoms with Gasteiger partial charge < -0.3 is 15.1 Å². The molecular weight excluding hydrogens is 518 g/mol. The molecule has 0 spiro atoms. The number of amides is 1. The van der Waals surface area contributed by atoms with Gasteiger partial charge in [0.25, 0.3) is 0 Å². The van der Waals surface area contributed by atoms with Crippen LogP contribution in [-0.2, 0) is 17.5 Å². The number of aromatic nitrogens is 4. The van der Waals surface area contributed by atoms with Crippen molar-refractivity contribution in [2.24, 2.45) is 0 Å². The molecule has 2 aromatic heterocycles. The number of halogens is 5. The van der Waals surface area contributed by atoms with E-state index in [1.165, 1.54) is 44.6 Å². The summed E-state index contributed by atoms with van der Waals surface area (Å²) in [5.74, 6) is 0.421. The molecule has 0 atom stereocenters. The molecule has 0 bridgehead atoms. The summed E-state index contributed by atoms with van der Waals surface area (Å²) >= 11 is 12.1. The number of nitrogens with one attached hydrogen (secondary N) is 1. The Labute approximate surface area is 216 Å². The van der Waals surface area contributed by atoms with Crippen LogP contribution >= 0.6 is 23.2 Å². The lowest BCUT2D eigenvalue weighted by atomic mass is 10.2. The second-order valence-electron chi connectivity index (χ2n) is 8.58. The molecule has 2 saturated heterocycles. The highest BCUT2D eigenvalue weighted by Crippen LogP contribution is 2.34. The van der Waals surface area contributed by atoms with E-state index in [4.69, 9.17) is 23.2 Å². The van der Waals surface area contributed by atoms with E-state index in [9.17, 15) is 18.0 Å². The van der Waals surface area contributed by atoms with Crippen LogP contribution in [0.15, 0.2) is 24.4 Å². The fraction of sp³-hybridized carbons (Fsp3) is 0.478. The van der Waals surface area contributed by atoms with Gasteiger partial charge >= 0.3 is 6.18 Å². The molecule has 36 heavy (non-hydrogen) atoms. The van der Waals surface area contributed by atoms with Gasteiger partial charge in [-0.3, -0.25) is 4.79 Å². The van der Waals surface area contributed by atoms with Gasteiger partial charge in [-0.2, -0.15) is 18.3 Å². The van der Waals surface area contributed by atoms with Crippen LogP contribution in [0, 0.1) is 0 Å². The predicted molar refractivity (Wildman–Crippen MR) is 132 cm³/mol. The van der Waals surface area contributed by atoms with Crippen molar-refractivity contribution >= 4 is 46.6 Å². The molecule has 1 N–H and O–H groups in total. The fourth-order valence-corrected chi connectivity index (χ4v) is 4.52. The first-order chi connectivity index (χ1) is 17.3. The Morgan fingerprint density at radius 1 is 1.06 bits per heavy atom. The van der Waals surface area contributed by atoms with Crippen molar-refractivity contribution in [2.75, 3.05) is 44.2 Å². The highest BCUT2D eigenvalue weighted by Gasteiger charge is 2.38. The fourth-order valence-electron chi connectivity index (χ4n) is 4.06. The Hall–Kier alpha value is -2.63. The summed E-state index contributed by atoms with van der Waals surface area (Å²) in [5.41, 5.74) is -0.884. The monoisotopic (exact) mass is 543 g/mol. The molecule has 2 aliphatic heterocycles. The van der Waals surface area contributed by atoms with Crippen LogP contribution in [0.1, 0.15) is 30.5 Å². The van der Waals surface area contributed by atoms with Crippen LogP contribution in [0.25, 0.3) is 11.2 Å². The maximum atomic E-state index is 13.5. The Kier molecular flexibility index (Phi) is 8.53. The molecule has 1 amide bonds. The van der Waals surface area contributed by atoms with E-state index < -0.39 is 11.9 Å². The molecular formula is C23H26Cl2F3N7O. The van der Waals surface area contributed by atoms with Crippen LogP contribution in [-0.4, -0.2) is 70.3 Å². The zero-order chi connectivity index (χ0) is 25.7. The molecule has 0 aliphatic carbocycles. The van der Waals surface area contributed by atoms with Gasteiger partial charge in [0.05, 0.1) is 12.7 Å². The van der Waals surface area contributed by atoms with Gasteiger partial charge in [-0.25, -0.2) is 14.6 Å². The molecule has 4 heterocycles. The first-order valence-corrected chi connectivity index (χ1v) is 12.4. The van der Waals surface area contributed by atoms with Crippen molar-refractivity contribution in [3.8, 4) is 0 Å². The number of rotatable bonds is 4. The van der Waals surface area contributed by atoms with Gasteiger partial charge in [-0.1, -0.05) is 35.7 Å². The summed E-state index contributed by atoms with van der Waals surface area (Å²) in [7, 11) is 0. The number of piperidine rings is 1. The summed E-state index contributed by atoms with van der Waals surface area (Å²) < 4.78 is 41.7. The average molecular weight is 544 g/mol. The van der Waals surface area contributed by atoms with Crippen LogP contribution in [0.2, 0.25) is 10.0 Å². The van der Waals surface area contributed by atoms with Gasteiger partial charge in [-0.05, 0) is 43.6 Å². The Morgan fingerprint density at radius 2 is 1.78 bits per heavy atom. The molecule has 0 saturated carbocycles. The molecule has 5 rings (SSSR count). The molecule has 8 nitrogen and oxygen atoms in total. The van der Waals surface area contributed by atoms with Crippen molar-refractivity contribution in [3.63, 3.8) is 0 Å².